The van der Waals surface area contributed by atoms with Crippen molar-refractivity contribution in [1.82, 2.24) is 30.6 Å². The van der Waals surface area contributed by atoms with Crippen LogP contribution in [0.2, 0.25) is 0 Å². The van der Waals surface area contributed by atoms with Gasteiger partial charge in [-0.1, -0.05) is 85.8 Å². The molecular formula is C39H59F3N7O6S+. The molecule has 6 atom stereocenters. The van der Waals surface area contributed by atoms with Gasteiger partial charge in [0, 0.05) is 24.2 Å². The number of Topliss-reactive ketones (excluding diaryl/α,β-unsaturated/α-hetero) is 1. The van der Waals surface area contributed by atoms with Crippen molar-refractivity contribution in [3.63, 3.8) is 0 Å². The van der Waals surface area contributed by atoms with Crippen molar-refractivity contribution in [3.05, 3.63) is 23.9 Å². The van der Waals surface area contributed by atoms with Crippen molar-refractivity contribution in [2.75, 3.05) is 13.1 Å². The lowest BCUT2D eigenvalue weighted by Crippen LogP contribution is -2.62. The second-order valence-corrected chi connectivity index (χ2v) is 20.3. The minimum atomic E-state index is -4.57. The molecule has 5 amide bonds. The molecule has 5 rings (SSSR count). The van der Waals surface area contributed by atoms with Crippen molar-refractivity contribution >= 4 is 40.9 Å². The number of aromatic nitrogens is 1. The average molecular weight is 811 g/mol. The molecule has 7 N–H and O–H groups in total. The summed E-state index contributed by atoms with van der Waals surface area (Å²) < 4.78 is 52.6. The average Bonchev–Trinajstić information content (AvgIpc) is 3.26. The summed E-state index contributed by atoms with van der Waals surface area (Å²) in [5.74, 6) is -2.78. The van der Waals surface area contributed by atoms with E-state index in [0.717, 1.165) is 50.7 Å². The maximum atomic E-state index is 14.8. The van der Waals surface area contributed by atoms with Crippen LogP contribution in [0.3, 0.4) is 0 Å². The first-order valence-corrected chi connectivity index (χ1v) is 20.7. The lowest BCUT2D eigenvalue weighted by Gasteiger charge is -2.37. The standard InChI is InChI=1S/C39H58F3N7O6S/c1-34(2,3)26(20-45-56(55)27-14-13-23(19-44-27)39(40,41)42)47-33(54)48-29(35(4,5)6)32(53)49-21-38(36(7,8)37(38)15-10-16-37)18-25(49)31(52)46-24(28(50)30(43)51)17-22-11-9-12-22/h13-14,19,22,24-26,29,45,55H,9-12,15-18,20-21H2,1-8H3,(H4-,43,46,47,48,51,52,54)/p+1/t24?,25-,26?,29+,38?,56?/m0/s1. The molecule has 3 saturated carbocycles. The number of amides is 5. The van der Waals surface area contributed by atoms with Gasteiger partial charge in [-0.25, -0.2) is 9.78 Å². The van der Waals surface area contributed by atoms with E-state index >= 15 is 0 Å². The van der Waals surface area contributed by atoms with E-state index in [9.17, 15) is 41.7 Å². The fourth-order valence-corrected chi connectivity index (χ4v) is 10.2. The Hall–Kier alpha value is -3.44. The van der Waals surface area contributed by atoms with Crippen molar-refractivity contribution in [2.45, 2.75) is 142 Å². The minimum absolute atomic E-state index is 0.00741. The molecule has 2 heterocycles. The number of nitrogens with two attached hydrogens (primary N) is 1. The summed E-state index contributed by atoms with van der Waals surface area (Å²) in [4.78, 5) is 73.2. The fourth-order valence-electron chi connectivity index (χ4n) is 9.41. The van der Waals surface area contributed by atoms with Gasteiger partial charge in [0.25, 0.3) is 17.3 Å². The second kappa shape index (κ2) is 15.4. The molecule has 1 aliphatic heterocycles. The van der Waals surface area contributed by atoms with Gasteiger partial charge in [0.05, 0.1) is 24.2 Å². The Morgan fingerprint density at radius 1 is 0.964 bits per heavy atom. The van der Waals surface area contributed by atoms with Crippen molar-refractivity contribution in [1.29, 1.82) is 0 Å². The molecule has 1 aromatic heterocycles. The Morgan fingerprint density at radius 3 is 2.05 bits per heavy atom. The van der Waals surface area contributed by atoms with Gasteiger partial charge in [-0.2, -0.15) is 17.7 Å². The number of carbonyl (C=O) groups is 5. The highest BCUT2D eigenvalue weighted by molar-refractivity contribution is 7.89. The van der Waals surface area contributed by atoms with E-state index in [4.69, 9.17) is 5.73 Å². The molecule has 4 aliphatic rings. The molecule has 2 spiro atoms. The first-order chi connectivity index (χ1) is 25.8. The first-order valence-electron chi connectivity index (χ1n) is 19.5. The van der Waals surface area contributed by atoms with Crippen LogP contribution in [0.25, 0.3) is 0 Å². The van der Waals surface area contributed by atoms with Crippen molar-refractivity contribution < 1.29 is 41.7 Å². The summed E-state index contributed by atoms with van der Waals surface area (Å²) in [6, 6.07) is -2.53. The summed E-state index contributed by atoms with van der Waals surface area (Å²) in [5, 5.41) is 8.59. The topological polar surface area (TPSA) is 196 Å². The summed E-state index contributed by atoms with van der Waals surface area (Å²) in [5.41, 5.74) is 2.51. The predicted octanol–water partition coefficient (Wildman–Crippen LogP) is 4.71. The third kappa shape index (κ3) is 8.27. The van der Waals surface area contributed by atoms with Crippen LogP contribution >= 0.6 is 0 Å². The Kier molecular flexibility index (Phi) is 12.0. The highest BCUT2D eigenvalue weighted by atomic mass is 32.2. The van der Waals surface area contributed by atoms with E-state index in [1.165, 1.54) is 0 Å². The smallest absolute Gasteiger partial charge is 0.363 e. The zero-order valence-electron chi connectivity index (χ0n) is 33.7. The van der Waals surface area contributed by atoms with Crippen molar-refractivity contribution in [2.24, 2.45) is 38.7 Å². The van der Waals surface area contributed by atoms with E-state index in [1.54, 1.807) is 4.90 Å². The normalized spacial score (nSPS) is 25.0. The van der Waals surface area contributed by atoms with E-state index in [2.05, 4.69) is 39.5 Å². The molecule has 17 heteroatoms. The predicted molar refractivity (Wildman–Crippen MR) is 204 cm³/mol. The zero-order valence-corrected chi connectivity index (χ0v) is 34.5. The highest BCUT2D eigenvalue weighted by Gasteiger charge is 2.85. The maximum Gasteiger partial charge on any atom is 0.417 e. The lowest BCUT2D eigenvalue weighted by atomic mass is 9.73. The van der Waals surface area contributed by atoms with Crippen LogP contribution in [0.15, 0.2) is 23.4 Å². The third-order valence-corrected chi connectivity index (χ3v) is 14.6. The molecule has 3 aliphatic carbocycles. The van der Waals surface area contributed by atoms with Gasteiger partial charge >= 0.3 is 17.2 Å². The van der Waals surface area contributed by atoms with Crippen LogP contribution in [-0.2, 0) is 36.7 Å². The molecule has 0 radical (unpaired) electrons. The van der Waals surface area contributed by atoms with Crippen molar-refractivity contribution in [3.8, 4) is 0 Å². The number of nitrogens with zero attached hydrogens (tertiary/aromatic N) is 2. The third-order valence-electron chi connectivity index (χ3n) is 13.5. The number of likely N-dealkylation sites (tertiary alicyclic amines) is 1. The SMILES string of the molecule is CC(C)(C)C(CN[S+](O)c1ccc(C(F)(F)F)cn1)NC(=O)N[C@H](C(=O)N1CC2(C[C@H]1C(=O)NC(CC1CCC1)C(=O)C(N)=O)C(C)(C)C21CCC1)C(C)(C)C. The van der Waals surface area contributed by atoms with Gasteiger partial charge in [-0.3, -0.25) is 19.2 Å². The van der Waals surface area contributed by atoms with Crippen LogP contribution in [0.1, 0.15) is 112 Å². The number of carbonyl (C=O) groups excluding carboxylic acids is 5. The maximum absolute atomic E-state index is 14.8. The molecule has 4 unspecified atom stereocenters. The molecule has 312 valence electrons. The van der Waals surface area contributed by atoms with Gasteiger partial charge in [-0.15, -0.1) is 0 Å². The number of hydrogen-bond donors (Lipinski definition) is 6. The van der Waals surface area contributed by atoms with E-state index < -0.39 is 87.6 Å². The summed E-state index contributed by atoms with van der Waals surface area (Å²) >= 11 is -1.75. The van der Waals surface area contributed by atoms with Gasteiger partial charge in [0.2, 0.25) is 17.6 Å². The number of fused-ring (bicyclic) bond motifs is 1. The fraction of sp³-hybridized carbons (Fsp3) is 0.744. The zero-order chi connectivity index (χ0) is 41.8. The van der Waals surface area contributed by atoms with Gasteiger partial charge in [-0.05, 0) is 59.3 Å². The lowest BCUT2D eigenvalue weighted by molar-refractivity contribution is -0.143. The van der Waals surface area contributed by atoms with Gasteiger partial charge < -0.3 is 26.6 Å². The molecule has 13 nitrogen and oxygen atoms in total. The monoisotopic (exact) mass is 810 g/mol. The molecule has 1 aromatic rings. The van der Waals surface area contributed by atoms with Gasteiger partial charge in [0.1, 0.15) is 12.1 Å². The Balaban J connectivity index is 1.34. The minimum Gasteiger partial charge on any atom is -0.363 e. The Bertz CT molecular complexity index is 1690. The highest BCUT2D eigenvalue weighted by Crippen LogP contribution is 2.88. The van der Waals surface area contributed by atoms with Crippen LogP contribution in [-0.4, -0.2) is 81.2 Å². The molecule has 0 aromatic carbocycles. The number of hydrogen-bond acceptors (Lipinski definition) is 8. The van der Waals surface area contributed by atoms with Crippen LogP contribution in [0, 0.1) is 33.0 Å². The molecule has 0 bridgehead atoms. The largest absolute Gasteiger partial charge is 0.417 e. The molecule has 1 saturated heterocycles. The van der Waals surface area contributed by atoms with Crippen LogP contribution in [0.4, 0.5) is 18.0 Å². The first kappa shape index (κ1) is 43.7. The summed E-state index contributed by atoms with van der Waals surface area (Å²) in [6.45, 7) is 15.7. The van der Waals surface area contributed by atoms with Crippen LogP contribution < -0.4 is 26.4 Å². The molecular weight excluding hydrogens is 752 g/mol. The Morgan fingerprint density at radius 2 is 1.61 bits per heavy atom. The van der Waals surface area contributed by atoms with Crippen LogP contribution in [0.5, 0.6) is 0 Å². The van der Waals surface area contributed by atoms with E-state index in [-0.39, 0.29) is 33.7 Å². The quantitative estimate of drug-likeness (QED) is 0.122. The number of halogens is 3. The van der Waals surface area contributed by atoms with E-state index in [0.29, 0.717) is 25.6 Å². The van der Waals surface area contributed by atoms with Gasteiger partial charge in [0.15, 0.2) is 0 Å². The number of alkyl halides is 3. The number of urea groups is 1. The van der Waals surface area contributed by atoms with E-state index in [1.807, 2.05) is 41.5 Å². The Labute approximate surface area is 330 Å². The second-order valence-electron chi connectivity index (χ2n) is 19.0. The number of primary amides is 1. The summed E-state index contributed by atoms with van der Waals surface area (Å²) in [7, 11) is 0. The molecule has 4 fully saturated rings. The number of pyridine rings is 1. The molecule has 56 heavy (non-hydrogen) atoms. The number of nitrogens with one attached hydrogen (secondary N) is 4. The number of ketones is 1. The summed E-state index contributed by atoms with van der Waals surface area (Å²) in [6.07, 6.45) is 2.55. The number of rotatable bonds is 13.